The van der Waals surface area contributed by atoms with Crippen molar-refractivity contribution in [1.29, 1.82) is 0 Å². The Hall–Kier alpha value is -11.9. The highest BCUT2D eigenvalue weighted by Gasteiger charge is 2.23. The average Bonchev–Trinajstić information content (AvgIpc) is 1.53. The lowest BCUT2D eigenvalue weighted by atomic mass is 9.93. The zero-order valence-electron chi connectivity index (χ0n) is 48.2. The molecule has 0 aliphatic heterocycles. The molecule has 5 heteroatoms. The Morgan fingerprint density at radius 1 is 0.247 bits per heavy atom. The fourth-order valence-electron chi connectivity index (χ4n) is 14.3. The molecule has 20 rings (SSSR count). The molecule has 5 nitrogen and oxygen atoms in total. The Morgan fingerprint density at radius 2 is 0.663 bits per heavy atom. The SMILES string of the molecule is Nc1ccc2ccc3cccc4ccc1c2c34.c1cc2ccc3ccc(Nc4cccc5c4oc4ccccc45)c4ccc(c1)c2c34.c1ccc(-c2ccc(N(c3ccc4ccc5cccc6ccc3c4c56)c3cccc4c3oc3ccccc34)cc2)cc1. The van der Waals surface area contributed by atoms with Gasteiger partial charge in [-0.25, -0.2) is 0 Å². The molecule has 3 N–H and O–H groups in total. The first kappa shape index (κ1) is 50.4. The molecular formula is C84H53N3O2. The van der Waals surface area contributed by atoms with Gasteiger partial charge in [-0.3, -0.25) is 0 Å². The van der Waals surface area contributed by atoms with Gasteiger partial charge in [0.25, 0.3) is 0 Å². The summed E-state index contributed by atoms with van der Waals surface area (Å²) in [4.78, 5) is 2.37. The lowest BCUT2D eigenvalue weighted by Crippen LogP contribution is -2.11. The van der Waals surface area contributed by atoms with Crippen LogP contribution in [0.25, 0.3) is 152 Å². The molecule has 0 fully saturated rings. The molecule has 0 aliphatic rings. The number of nitrogens with two attached hydrogens (primary N) is 1. The zero-order chi connectivity index (χ0) is 58.7. The maximum Gasteiger partial charge on any atom is 0.159 e. The maximum absolute atomic E-state index is 6.58. The predicted octanol–water partition coefficient (Wildman–Crippen LogP) is 24.0. The van der Waals surface area contributed by atoms with Crippen LogP contribution in [0, 0.1) is 0 Å². The number of para-hydroxylation sites is 4. The number of nitrogens with zero attached hydrogens (tertiary/aromatic N) is 1. The number of nitrogen functional groups attached to an aromatic ring is 1. The van der Waals surface area contributed by atoms with Crippen LogP contribution in [0.3, 0.4) is 0 Å². The number of nitrogens with one attached hydrogen (secondary N) is 1. The largest absolute Gasteiger partial charge is 0.454 e. The molecule has 0 spiro atoms. The van der Waals surface area contributed by atoms with E-state index in [1.54, 1.807) is 0 Å². The van der Waals surface area contributed by atoms with Crippen LogP contribution in [0.2, 0.25) is 0 Å². The monoisotopic (exact) mass is 1140 g/mol. The van der Waals surface area contributed by atoms with Gasteiger partial charge in [0, 0.05) is 54.8 Å². The molecule has 0 atom stereocenters. The van der Waals surface area contributed by atoms with E-state index >= 15 is 0 Å². The second-order valence-electron chi connectivity index (χ2n) is 23.3. The van der Waals surface area contributed by atoms with E-state index in [1.807, 2.05) is 30.3 Å². The molecule has 0 saturated carbocycles. The molecule has 0 bridgehead atoms. The summed E-state index contributed by atoms with van der Waals surface area (Å²) in [5, 5.41) is 31.1. The van der Waals surface area contributed by atoms with Crippen molar-refractivity contribution >= 4 is 175 Å². The first-order chi connectivity index (χ1) is 44.0. The van der Waals surface area contributed by atoms with Gasteiger partial charge in [-0.1, -0.05) is 249 Å². The molecule has 89 heavy (non-hydrogen) atoms. The number of fused-ring (bicyclic) bond motifs is 6. The molecule has 416 valence electrons. The van der Waals surface area contributed by atoms with Crippen molar-refractivity contribution in [1.82, 2.24) is 0 Å². The number of furan rings is 2. The van der Waals surface area contributed by atoms with Crippen LogP contribution < -0.4 is 16.0 Å². The van der Waals surface area contributed by atoms with Crippen molar-refractivity contribution in [3.05, 3.63) is 303 Å². The lowest BCUT2D eigenvalue weighted by molar-refractivity contribution is 0.669. The van der Waals surface area contributed by atoms with E-state index in [-0.39, 0.29) is 0 Å². The van der Waals surface area contributed by atoms with Gasteiger partial charge in [0.1, 0.15) is 11.2 Å². The Balaban J connectivity index is 0.000000109. The fourth-order valence-corrected chi connectivity index (χ4v) is 14.3. The Morgan fingerprint density at radius 3 is 1.27 bits per heavy atom. The van der Waals surface area contributed by atoms with Gasteiger partial charge < -0.3 is 24.8 Å². The van der Waals surface area contributed by atoms with Gasteiger partial charge >= 0.3 is 0 Å². The number of benzene rings is 18. The Kier molecular flexibility index (Phi) is 11.4. The van der Waals surface area contributed by atoms with Crippen molar-refractivity contribution in [2.45, 2.75) is 0 Å². The Labute approximate surface area is 511 Å². The molecule has 18 aromatic carbocycles. The third-order valence-electron chi connectivity index (χ3n) is 18.4. The topological polar surface area (TPSA) is 67.6 Å². The van der Waals surface area contributed by atoms with Gasteiger partial charge in [0.05, 0.1) is 17.1 Å². The minimum atomic E-state index is 0.857. The van der Waals surface area contributed by atoms with Crippen molar-refractivity contribution in [2.75, 3.05) is 16.0 Å². The van der Waals surface area contributed by atoms with Crippen molar-refractivity contribution in [3.8, 4) is 11.1 Å². The predicted molar refractivity (Wildman–Crippen MR) is 379 cm³/mol. The van der Waals surface area contributed by atoms with Crippen LogP contribution in [0.5, 0.6) is 0 Å². The maximum atomic E-state index is 6.58. The van der Waals surface area contributed by atoms with Gasteiger partial charge in [-0.05, 0) is 147 Å². The van der Waals surface area contributed by atoms with E-state index in [4.69, 9.17) is 14.6 Å². The molecule has 2 heterocycles. The summed E-state index contributed by atoms with van der Waals surface area (Å²) in [5.41, 5.74) is 18.2. The van der Waals surface area contributed by atoms with Crippen molar-refractivity contribution < 1.29 is 8.83 Å². The molecule has 2 aromatic heterocycles. The molecule has 20 aromatic rings. The van der Waals surface area contributed by atoms with Crippen LogP contribution in [-0.2, 0) is 0 Å². The van der Waals surface area contributed by atoms with E-state index in [1.165, 1.54) is 103 Å². The van der Waals surface area contributed by atoms with Gasteiger partial charge in [-0.15, -0.1) is 0 Å². The number of hydrogen-bond donors (Lipinski definition) is 2. The molecule has 0 amide bonds. The smallest absolute Gasteiger partial charge is 0.159 e. The summed E-state index contributed by atoms with van der Waals surface area (Å²) < 4.78 is 12.8. The fraction of sp³-hybridized carbons (Fsp3) is 0. The van der Waals surface area contributed by atoms with Gasteiger partial charge in [0.15, 0.2) is 11.2 Å². The summed E-state index contributed by atoms with van der Waals surface area (Å²) in [6.45, 7) is 0. The number of anilines is 6. The normalized spacial score (nSPS) is 11.9. The quantitative estimate of drug-likeness (QED) is 0.128. The molecule has 0 aliphatic carbocycles. The minimum absolute atomic E-state index is 0.857. The lowest BCUT2D eigenvalue weighted by Gasteiger charge is -2.28. The minimum Gasteiger partial charge on any atom is -0.454 e. The Bertz CT molecular complexity index is 6050. The molecule has 0 radical (unpaired) electrons. The summed E-state index contributed by atoms with van der Waals surface area (Å²) in [6, 6.07) is 108. The second kappa shape index (κ2) is 20.1. The van der Waals surface area contributed by atoms with Crippen LogP contribution >= 0.6 is 0 Å². The van der Waals surface area contributed by atoms with Crippen LogP contribution in [0.1, 0.15) is 0 Å². The third-order valence-corrected chi connectivity index (χ3v) is 18.4. The second-order valence-corrected chi connectivity index (χ2v) is 23.3. The van der Waals surface area contributed by atoms with E-state index < -0.39 is 0 Å². The molecule has 0 unspecified atom stereocenters. The highest BCUT2D eigenvalue weighted by molar-refractivity contribution is 6.28. The highest BCUT2D eigenvalue weighted by atomic mass is 16.3. The van der Waals surface area contributed by atoms with Gasteiger partial charge in [-0.2, -0.15) is 0 Å². The third kappa shape index (κ3) is 8.10. The van der Waals surface area contributed by atoms with E-state index in [2.05, 4.69) is 283 Å². The highest BCUT2D eigenvalue weighted by Crippen LogP contribution is 2.48. The van der Waals surface area contributed by atoms with E-state index in [0.717, 1.165) is 83.4 Å². The average molecular weight is 1140 g/mol. The van der Waals surface area contributed by atoms with E-state index in [9.17, 15) is 0 Å². The van der Waals surface area contributed by atoms with Crippen molar-refractivity contribution in [2.24, 2.45) is 0 Å². The standard InChI is InChI=1S/C40H25NO.C28H17NO.C16H11N/c1-2-8-26(9-3-1)27-18-22-31(23-19-27)41(36-14-7-13-33-32-12-4-5-15-37(32)42-40(33)36)35-25-21-30-17-16-28-10-6-11-29-20-24-34(35)39(30)38(28)29;1-2-10-25-20(7-1)21-8-4-9-24(28(21)30-25)29-23-16-14-19-12-11-17-5-3-6-18-13-15-22(23)27(19)26(17)18;17-14-9-7-12-5-4-10-2-1-3-11-6-8-13(14)16(12)15(10)11/h1-25H;1-16,29H;1-9H,17H2. The first-order valence-electron chi connectivity index (χ1n) is 30.3. The molecule has 0 saturated heterocycles. The van der Waals surface area contributed by atoms with Crippen LogP contribution in [0.4, 0.5) is 34.1 Å². The van der Waals surface area contributed by atoms with Crippen molar-refractivity contribution in [3.63, 3.8) is 0 Å². The summed E-state index contributed by atoms with van der Waals surface area (Å²) >= 11 is 0. The number of hydrogen-bond acceptors (Lipinski definition) is 5. The van der Waals surface area contributed by atoms with Crippen LogP contribution in [0.15, 0.2) is 312 Å². The van der Waals surface area contributed by atoms with Crippen LogP contribution in [-0.4, -0.2) is 0 Å². The summed E-state index contributed by atoms with van der Waals surface area (Å²) in [7, 11) is 0. The zero-order valence-corrected chi connectivity index (χ0v) is 48.2. The first-order valence-corrected chi connectivity index (χ1v) is 30.3. The summed E-state index contributed by atoms with van der Waals surface area (Å²) in [6.07, 6.45) is 0. The number of rotatable bonds is 6. The van der Waals surface area contributed by atoms with Gasteiger partial charge in [0.2, 0.25) is 0 Å². The molecular weight excluding hydrogens is 1080 g/mol. The summed E-state index contributed by atoms with van der Waals surface area (Å²) in [5.74, 6) is 0. The van der Waals surface area contributed by atoms with E-state index in [0.29, 0.717) is 0 Å².